The highest BCUT2D eigenvalue weighted by atomic mass is 19.1. The molecule has 1 aromatic carbocycles. The molecule has 6 heteroatoms. The van der Waals surface area contributed by atoms with Crippen molar-refractivity contribution >= 4 is 11.6 Å². The zero-order valence-electron chi connectivity index (χ0n) is 14.4. The summed E-state index contributed by atoms with van der Waals surface area (Å²) in [7, 11) is 3.82. The molecule has 0 bridgehead atoms. The van der Waals surface area contributed by atoms with Crippen LogP contribution in [0.2, 0.25) is 0 Å². The van der Waals surface area contributed by atoms with Gasteiger partial charge in [-0.15, -0.1) is 0 Å². The van der Waals surface area contributed by atoms with Gasteiger partial charge in [0.1, 0.15) is 5.82 Å². The third kappa shape index (κ3) is 3.54. The Kier molecular flexibility index (Phi) is 5.06. The van der Waals surface area contributed by atoms with Crippen LogP contribution >= 0.6 is 0 Å². The van der Waals surface area contributed by atoms with E-state index in [1.807, 2.05) is 11.9 Å². The fourth-order valence-corrected chi connectivity index (χ4v) is 3.73. The third-order valence-electron chi connectivity index (χ3n) is 5.33. The van der Waals surface area contributed by atoms with Gasteiger partial charge in [-0.05, 0) is 50.6 Å². The van der Waals surface area contributed by atoms with E-state index in [9.17, 15) is 9.18 Å². The standard InChI is InChI=1S/C18H26FN3O2/c1-20-12-17(23)22-9-7-18(8-10-22)11-16(13-24-18)21(2)15-5-3-14(19)4-6-15/h3-6,16,20H,7-13H2,1-2H3/t16-/m0/s1. The molecule has 132 valence electrons. The summed E-state index contributed by atoms with van der Waals surface area (Å²) in [6, 6.07) is 6.88. The lowest BCUT2D eigenvalue weighted by Crippen LogP contribution is -2.48. The fraction of sp³-hybridized carbons (Fsp3) is 0.611. The molecular formula is C18H26FN3O2. The van der Waals surface area contributed by atoms with Crippen molar-refractivity contribution in [2.75, 3.05) is 45.2 Å². The van der Waals surface area contributed by atoms with Gasteiger partial charge in [-0.25, -0.2) is 4.39 Å². The van der Waals surface area contributed by atoms with Gasteiger partial charge in [0.2, 0.25) is 5.91 Å². The van der Waals surface area contributed by atoms with E-state index in [0.717, 1.165) is 38.0 Å². The van der Waals surface area contributed by atoms with Crippen molar-refractivity contribution in [2.45, 2.75) is 30.9 Å². The van der Waals surface area contributed by atoms with E-state index < -0.39 is 0 Å². The summed E-state index contributed by atoms with van der Waals surface area (Å²) in [6.07, 6.45) is 2.72. The van der Waals surface area contributed by atoms with Crippen LogP contribution in [0.4, 0.5) is 10.1 Å². The van der Waals surface area contributed by atoms with Crippen molar-refractivity contribution in [3.05, 3.63) is 30.1 Å². The normalized spacial score (nSPS) is 22.8. The molecule has 0 radical (unpaired) electrons. The first kappa shape index (κ1) is 17.2. The summed E-state index contributed by atoms with van der Waals surface area (Å²) < 4.78 is 19.3. The highest BCUT2D eigenvalue weighted by Gasteiger charge is 2.44. The number of carbonyl (C=O) groups is 1. The number of rotatable bonds is 4. The van der Waals surface area contributed by atoms with Crippen LogP contribution in [0, 0.1) is 5.82 Å². The van der Waals surface area contributed by atoms with E-state index in [0.29, 0.717) is 13.2 Å². The fourth-order valence-electron chi connectivity index (χ4n) is 3.73. The molecule has 3 rings (SSSR count). The number of piperidine rings is 1. The van der Waals surface area contributed by atoms with Gasteiger partial charge in [0, 0.05) is 25.8 Å². The summed E-state index contributed by atoms with van der Waals surface area (Å²) in [5, 5.41) is 2.91. The van der Waals surface area contributed by atoms with Crippen LogP contribution in [0.15, 0.2) is 24.3 Å². The maximum absolute atomic E-state index is 13.1. The Labute approximate surface area is 142 Å². The molecule has 2 aliphatic heterocycles. The molecule has 2 fully saturated rings. The Morgan fingerprint density at radius 2 is 2.04 bits per heavy atom. The molecule has 0 aliphatic carbocycles. The quantitative estimate of drug-likeness (QED) is 0.908. The molecule has 1 aromatic rings. The summed E-state index contributed by atoms with van der Waals surface area (Å²) in [6.45, 7) is 2.59. The molecular weight excluding hydrogens is 309 g/mol. The molecule has 24 heavy (non-hydrogen) atoms. The van der Waals surface area contributed by atoms with Crippen LogP contribution in [0.1, 0.15) is 19.3 Å². The first-order valence-corrected chi connectivity index (χ1v) is 8.58. The van der Waals surface area contributed by atoms with Crippen molar-refractivity contribution in [3.8, 4) is 0 Å². The average molecular weight is 335 g/mol. The number of hydrogen-bond acceptors (Lipinski definition) is 4. The van der Waals surface area contributed by atoms with E-state index in [4.69, 9.17) is 4.74 Å². The predicted octanol–water partition coefficient (Wildman–Crippen LogP) is 1.63. The molecule has 5 nitrogen and oxygen atoms in total. The lowest BCUT2D eigenvalue weighted by molar-refractivity contribution is -0.134. The Bertz CT molecular complexity index is 570. The van der Waals surface area contributed by atoms with E-state index in [2.05, 4.69) is 10.2 Å². The number of likely N-dealkylation sites (tertiary alicyclic amines) is 1. The van der Waals surface area contributed by atoms with Crippen molar-refractivity contribution in [2.24, 2.45) is 0 Å². The van der Waals surface area contributed by atoms with Crippen molar-refractivity contribution in [1.29, 1.82) is 0 Å². The highest BCUT2D eigenvalue weighted by Crippen LogP contribution is 2.38. The van der Waals surface area contributed by atoms with Gasteiger partial charge in [0.15, 0.2) is 0 Å². The number of benzene rings is 1. The maximum Gasteiger partial charge on any atom is 0.236 e. The molecule has 0 aromatic heterocycles. The summed E-state index contributed by atoms with van der Waals surface area (Å²) in [5.74, 6) is -0.0600. The van der Waals surface area contributed by atoms with Gasteiger partial charge in [-0.1, -0.05) is 0 Å². The number of carbonyl (C=O) groups excluding carboxylic acids is 1. The SMILES string of the molecule is CNCC(=O)N1CCC2(CC1)C[C@H](N(C)c1ccc(F)cc1)CO2. The van der Waals surface area contributed by atoms with E-state index in [-0.39, 0.29) is 23.4 Å². The summed E-state index contributed by atoms with van der Waals surface area (Å²) in [4.78, 5) is 16.1. The van der Waals surface area contributed by atoms with Crippen molar-refractivity contribution in [3.63, 3.8) is 0 Å². The van der Waals surface area contributed by atoms with Gasteiger partial charge in [0.05, 0.1) is 24.8 Å². The molecule has 0 unspecified atom stereocenters. The van der Waals surface area contributed by atoms with Crippen LogP contribution in [0.5, 0.6) is 0 Å². The van der Waals surface area contributed by atoms with Crippen LogP contribution in [-0.4, -0.2) is 62.8 Å². The Morgan fingerprint density at radius 3 is 2.67 bits per heavy atom. The van der Waals surface area contributed by atoms with Gasteiger partial charge in [0.25, 0.3) is 0 Å². The first-order chi connectivity index (χ1) is 11.5. The number of ether oxygens (including phenoxy) is 1. The molecule has 1 atom stereocenters. The smallest absolute Gasteiger partial charge is 0.236 e. The van der Waals surface area contributed by atoms with Crippen LogP contribution in [0.3, 0.4) is 0 Å². The van der Waals surface area contributed by atoms with Crippen molar-refractivity contribution < 1.29 is 13.9 Å². The molecule has 2 heterocycles. The van der Waals surface area contributed by atoms with Gasteiger partial charge >= 0.3 is 0 Å². The molecule has 2 aliphatic rings. The summed E-state index contributed by atoms with van der Waals surface area (Å²) >= 11 is 0. The lowest BCUT2D eigenvalue weighted by atomic mass is 9.87. The van der Waals surface area contributed by atoms with Crippen LogP contribution < -0.4 is 10.2 Å². The summed E-state index contributed by atoms with van der Waals surface area (Å²) in [5.41, 5.74) is 0.888. The molecule has 0 saturated carbocycles. The predicted molar refractivity (Wildman–Crippen MR) is 91.6 cm³/mol. The molecule has 2 saturated heterocycles. The van der Waals surface area contributed by atoms with Crippen LogP contribution in [0.25, 0.3) is 0 Å². The first-order valence-electron chi connectivity index (χ1n) is 8.58. The third-order valence-corrected chi connectivity index (χ3v) is 5.33. The minimum Gasteiger partial charge on any atom is -0.373 e. The van der Waals surface area contributed by atoms with E-state index >= 15 is 0 Å². The lowest BCUT2D eigenvalue weighted by Gasteiger charge is -2.39. The van der Waals surface area contributed by atoms with Crippen LogP contribution in [-0.2, 0) is 9.53 Å². The Balaban J connectivity index is 1.57. The highest BCUT2D eigenvalue weighted by molar-refractivity contribution is 5.78. The van der Waals surface area contributed by atoms with Gasteiger partial charge in [-0.2, -0.15) is 0 Å². The maximum atomic E-state index is 13.1. The zero-order valence-corrected chi connectivity index (χ0v) is 14.4. The number of likely N-dealkylation sites (N-methyl/N-ethyl adjacent to an activating group) is 2. The number of halogens is 1. The molecule has 1 spiro atoms. The number of hydrogen-bond donors (Lipinski definition) is 1. The Morgan fingerprint density at radius 1 is 1.38 bits per heavy atom. The monoisotopic (exact) mass is 335 g/mol. The average Bonchev–Trinajstić information content (AvgIpc) is 2.99. The topological polar surface area (TPSA) is 44.8 Å². The molecule has 1 amide bonds. The van der Waals surface area contributed by atoms with E-state index in [1.165, 1.54) is 12.1 Å². The second-order valence-corrected chi connectivity index (χ2v) is 6.85. The minimum absolute atomic E-state index is 0.116. The minimum atomic E-state index is -0.218. The van der Waals surface area contributed by atoms with Gasteiger partial charge < -0.3 is 19.9 Å². The largest absolute Gasteiger partial charge is 0.373 e. The van der Waals surface area contributed by atoms with E-state index in [1.54, 1.807) is 19.2 Å². The number of anilines is 1. The second-order valence-electron chi connectivity index (χ2n) is 6.85. The molecule has 1 N–H and O–H groups in total. The number of amides is 1. The van der Waals surface area contributed by atoms with Crippen molar-refractivity contribution in [1.82, 2.24) is 10.2 Å². The second kappa shape index (κ2) is 7.07. The zero-order chi connectivity index (χ0) is 17.2. The number of nitrogens with one attached hydrogen (secondary N) is 1. The number of nitrogens with zero attached hydrogens (tertiary/aromatic N) is 2. The Hall–Kier alpha value is -1.66. The van der Waals surface area contributed by atoms with Gasteiger partial charge in [-0.3, -0.25) is 4.79 Å².